The molecule has 1 aliphatic heterocycles. The van der Waals surface area contributed by atoms with Crippen LogP contribution >= 0.6 is 10.7 Å². The zero-order chi connectivity index (χ0) is 15.7. The third-order valence-electron chi connectivity index (χ3n) is 3.10. The summed E-state index contributed by atoms with van der Waals surface area (Å²) < 4.78 is 22.5. The molecule has 0 fully saturated rings. The maximum absolute atomic E-state index is 11.5. The topological polar surface area (TPSA) is 75.9 Å². The van der Waals surface area contributed by atoms with Crippen LogP contribution in [0.1, 0.15) is 11.1 Å². The summed E-state index contributed by atoms with van der Waals surface area (Å²) in [5, 5.41) is 0. The molecular formula is C15H9ClN2O3S. The Labute approximate surface area is 131 Å². The van der Waals surface area contributed by atoms with Crippen LogP contribution < -0.4 is 0 Å². The minimum Gasteiger partial charge on any atom is -0.244 e. The van der Waals surface area contributed by atoms with Crippen molar-refractivity contribution < 1.29 is 13.2 Å². The van der Waals surface area contributed by atoms with Crippen LogP contribution in [0.15, 0.2) is 69.5 Å². The molecule has 1 aliphatic rings. The fourth-order valence-electron chi connectivity index (χ4n) is 2.10. The van der Waals surface area contributed by atoms with E-state index in [1.807, 2.05) is 30.3 Å². The Balaban J connectivity index is 2.03. The van der Waals surface area contributed by atoms with E-state index in [-0.39, 0.29) is 4.90 Å². The zero-order valence-corrected chi connectivity index (χ0v) is 12.7. The molecule has 0 saturated heterocycles. The molecule has 2 amide bonds. The lowest BCUT2D eigenvalue weighted by Gasteiger charge is -2.05. The van der Waals surface area contributed by atoms with Crippen LogP contribution in [0.3, 0.4) is 0 Å². The first-order valence-electron chi connectivity index (χ1n) is 6.27. The van der Waals surface area contributed by atoms with Gasteiger partial charge in [-0.15, -0.1) is 0 Å². The van der Waals surface area contributed by atoms with Crippen LogP contribution in [0, 0.1) is 0 Å². The highest BCUT2D eigenvalue weighted by Crippen LogP contribution is 2.19. The van der Waals surface area contributed by atoms with Gasteiger partial charge in [-0.3, -0.25) is 0 Å². The van der Waals surface area contributed by atoms with Crippen molar-refractivity contribution in [2.45, 2.75) is 4.90 Å². The molecule has 0 unspecified atom stereocenters. The number of hydrogen-bond donors (Lipinski definition) is 0. The molecule has 0 aromatic heterocycles. The van der Waals surface area contributed by atoms with Gasteiger partial charge in [0.05, 0.1) is 4.90 Å². The van der Waals surface area contributed by atoms with E-state index in [0.717, 1.165) is 5.56 Å². The number of nitrogens with zero attached hydrogens (tertiary/aromatic N) is 2. The molecule has 0 atom stereocenters. The summed E-state index contributed by atoms with van der Waals surface area (Å²) in [5.74, 6) is 0. The number of benzene rings is 2. The Hall–Kier alpha value is -2.31. The van der Waals surface area contributed by atoms with Crippen molar-refractivity contribution in [3.8, 4) is 0 Å². The average molecular weight is 333 g/mol. The average Bonchev–Trinajstić information content (AvgIpc) is 2.89. The summed E-state index contributed by atoms with van der Waals surface area (Å²) in [6, 6.07) is 14.4. The smallest absolute Gasteiger partial charge is 0.244 e. The Morgan fingerprint density at radius 2 is 1.27 bits per heavy atom. The molecule has 1 heterocycles. The lowest BCUT2D eigenvalue weighted by atomic mass is 10.0. The minimum atomic E-state index is -3.78. The zero-order valence-electron chi connectivity index (χ0n) is 11.1. The van der Waals surface area contributed by atoms with Crippen molar-refractivity contribution in [3.05, 3.63) is 65.7 Å². The van der Waals surface area contributed by atoms with Gasteiger partial charge < -0.3 is 0 Å². The second kappa shape index (κ2) is 5.47. The molecule has 0 saturated carbocycles. The molecule has 110 valence electrons. The van der Waals surface area contributed by atoms with Gasteiger partial charge in [-0.1, -0.05) is 42.5 Å². The second-order valence-corrected chi connectivity index (χ2v) is 7.10. The van der Waals surface area contributed by atoms with E-state index in [0.29, 0.717) is 17.0 Å². The molecule has 0 spiro atoms. The van der Waals surface area contributed by atoms with Crippen LogP contribution in [-0.4, -0.2) is 25.9 Å². The monoisotopic (exact) mass is 332 g/mol. The predicted molar refractivity (Wildman–Crippen MR) is 84.4 cm³/mol. The Morgan fingerprint density at radius 3 is 1.77 bits per heavy atom. The number of carbonyl (C=O) groups is 1. The highest BCUT2D eigenvalue weighted by Gasteiger charge is 2.22. The largest absolute Gasteiger partial charge is 0.368 e. The van der Waals surface area contributed by atoms with Gasteiger partial charge in [0.15, 0.2) is 0 Å². The van der Waals surface area contributed by atoms with Crippen LogP contribution in [0.5, 0.6) is 0 Å². The Morgan fingerprint density at radius 1 is 0.773 bits per heavy atom. The van der Waals surface area contributed by atoms with Crippen LogP contribution in [0.25, 0.3) is 0 Å². The van der Waals surface area contributed by atoms with E-state index in [4.69, 9.17) is 10.7 Å². The lowest BCUT2D eigenvalue weighted by Crippen LogP contribution is -2.14. The number of hydrogen-bond acceptors (Lipinski definition) is 3. The number of carbonyl (C=O) groups excluding carboxylic acids is 1. The van der Waals surface area contributed by atoms with E-state index in [1.165, 1.54) is 12.1 Å². The number of rotatable bonds is 3. The SMILES string of the molecule is O=C1N=C(c2ccccc2)C(c2ccc(S(=O)(=O)Cl)cc2)=N1. The summed E-state index contributed by atoms with van der Waals surface area (Å²) in [7, 11) is 1.50. The molecule has 7 heteroatoms. The first kappa shape index (κ1) is 14.6. The van der Waals surface area contributed by atoms with Gasteiger partial charge >= 0.3 is 6.03 Å². The van der Waals surface area contributed by atoms with Crippen LogP contribution in [0.2, 0.25) is 0 Å². The summed E-state index contributed by atoms with van der Waals surface area (Å²) in [6.07, 6.45) is 0. The van der Waals surface area contributed by atoms with Gasteiger partial charge in [0.2, 0.25) is 0 Å². The van der Waals surface area contributed by atoms with Crippen molar-refractivity contribution in [2.24, 2.45) is 9.98 Å². The highest BCUT2D eigenvalue weighted by molar-refractivity contribution is 8.13. The van der Waals surface area contributed by atoms with E-state index in [9.17, 15) is 13.2 Å². The summed E-state index contributed by atoms with van der Waals surface area (Å²) in [5.41, 5.74) is 2.24. The third-order valence-corrected chi connectivity index (χ3v) is 4.47. The first-order valence-corrected chi connectivity index (χ1v) is 8.58. The van der Waals surface area contributed by atoms with Gasteiger partial charge in [0, 0.05) is 21.8 Å². The molecular weight excluding hydrogens is 324 g/mol. The molecule has 0 radical (unpaired) electrons. The quantitative estimate of drug-likeness (QED) is 0.811. The van der Waals surface area contributed by atoms with E-state index in [1.54, 1.807) is 12.1 Å². The number of aliphatic imine (C=N–C) groups is 2. The molecule has 0 aliphatic carbocycles. The van der Waals surface area contributed by atoms with Gasteiger partial charge in [0.25, 0.3) is 9.05 Å². The van der Waals surface area contributed by atoms with Crippen molar-refractivity contribution >= 4 is 37.2 Å². The van der Waals surface area contributed by atoms with Crippen LogP contribution in [0.4, 0.5) is 4.79 Å². The second-order valence-electron chi connectivity index (χ2n) is 4.53. The van der Waals surface area contributed by atoms with Gasteiger partial charge in [0.1, 0.15) is 11.4 Å². The fourth-order valence-corrected chi connectivity index (χ4v) is 2.87. The maximum atomic E-state index is 11.5. The van der Waals surface area contributed by atoms with Crippen LogP contribution in [-0.2, 0) is 9.05 Å². The maximum Gasteiger partial charge on any atom is 0.368 e. The Kier molecular flexibility index (Phi) is 3.64. The summed E-state index contributed by atoms with van der Waals surface area (Å²) in [4.78, 5) is 19.3. The van der Waals surface area contributed by atoms with E-state index < -0.39 is 15.1 Å². The highest BCUT2D eigenvalue weighted by atomic mass is 35.7. The molecule has 2 aromatic carbocycles. The molecule has 0 bridgehead atoms. The molecule has 0 N–H and O–H groups in total. The summed E-state index contributed by atoms with van der Waals surface area (Å²) >= 11 is 0. The molecule has 3 rings (SSSR count). The fraction of sp³-hybridized carbons (Fsp3) is 0. The lowest BCUT2D eigenvalue weighted by molar-refractivity contribution is 0.257. The van der Waals surface area contributed by atoms with Crippen molar-refractivity contribution in [1.29, 1.82) is 0 Å². The normalized spacial score (nSPS) is 14.7. The summed E-state index contributed by atoms with van der Waals surface area (Å²) in [6.45, 7) is 0. The van der Waals surface area contributed by atoms with E-state index in [2.05, 4.69) is 9.98 Å². The van der Waals surface area contributed by atoms with Crippen molar-refractivity contribution in [3.63, 3.8) is 0 Å². The number of urea groups is 1. The molecule has 22 heavy (non-hydrogen) atoms. The van der Waals surface area contributed by atoms with Gasteiger partial charge in [-0.05, 0) is 12.1 Å². The standard InChI is InChI=1S/C15H9ClN2O3S/c16-22(20,21)12-8-6-11(7-9-12)14-13(17-15(19)18-14)10-4-2-1-3-5-10/h1-9H. The van der Waals surface area contributed by atoms with Crippen molar-refractivity contribution in [2.75, 3.05) is 0 Å². The number of amides is 2. The molecule has 5 nitrogen and oxygen atoms in total. The minimum absolute atomic E-state index is 0.0129. The van der Waals surface area contributed by atoms with Gasteiger partial charge in [-0.2, -0.15) is 9.98 Å². The van der Waals surface area contributed by atoms with E-state index >= 15 is 0 Å². The van der Waals surface area contributed by atoms with Gasteiger partial charge in [-0.25, -0.2) is 13.2 Å². The predicted octanol–water partition coefficient (Wildman–Crippen LogP) is 3.03. The molecule has 2 aromatic rings. The number of halogens is 1. The first-order chi connectivity index (χ1) is 10.4. The third kappa shape index (κ3) is 2.84. The van der Waals surface area contributed by atoms with Crippen molar-refractivity contribution in [1.82, 2.24) is 0 Å². The Bertz CT molecular complexity index is 902.